The van der Waals surface area contributed by atoms with Crippen LogP contribution in [0, 0.1) is 6.92 Å². The molecule has 0 fully saturated rings. The summed E-state index contributed by atoms with van der Waals surface area (Å²) in [6.07, 6.45) is 1.56. The Morgan fingerprint density at radius 1 is 1.32 bits per heavy atom. The first kappa shape index (κ1) is 19.4. The van der Waals surface area contributed by atoms with Gasteiger partial charge in [-0.05, 0) is 25.1 Å². The number of nitrogens with zero attached hydrogens (tertiary/aromatic N) is 3. The Balaban J connectivity index is 2.44. The fourth-order valence-corrected chi connectivity index (χ4v) is 3.72. The molecule has 0 unspecified atom stereocenters. The summed E-state index contributed by atoms with van der Waals surface area (Å²) in [5.41, 5.74) is 0.269. The van der Waals surface area contributed by atoms with Crippen molar-refractivity contribution < 1.29 is 14.3 Å². The SMILES string of the molecule is C=CCN=c1sc2nc(C)cc(C(=O)OC)c2c(=O)n1C(=O)c1ccccc1. The molecule has 2 heterocycles. The van der Waals surface area contributed by atoms with Gasteiger partial charge in [-0.1, -0.05) is 35.6 Å². The van der Waals surface area contributed by atoms with Crippen molar-refractivity contribution in [1.29, 1.82) is 0 Å². The number of pyridine rings is 1. The van der Waals surface area contributed by atoms with Crippen molar-refractivity contribution in [3.05, 3.63) is 81.0 Å². The number of carbonyl (C=O) groups is 2. The zero-order chi connectivity index (χ0) is 20.3. The molecule has 0 atom stereocenters. The maximum atomic E-state index is 13.3. The van der Waals surface area contributed by atoms with E-state index in [0.717, 1.165) is 15.9 Å². The van der Waals surface area contributed by atoms with Crippen LogP contribution < -0.4 is 10.4 Å². The Bertz CT molecular complexity index is 1210. The van der Waals surface area contributed by atoms with Gasteiger partial charge in [0.1, 0.15) is 4.83 Å². The van der Waals surface area contributed by atoms with E-state index in [-0.39, 0.29) is 22.3 Å². The summed E-state index contributed by atoms with van der Waals surface area (Å²) >= 11 is 1.06. The lowest BCUT2D eigenvalue weighted by Gasteiger charge is -2.09. The third kappa shape index (κ3) is 3.54. The van der Waals surface area contributed by atoms with Gasteiger partial charge in [0.05, 0.1) is 24.6 Å². The Labute approximate surface area is 164 Å². The van der Waals surface area contributed by atoms with Crippen molar-refractivity contribution in [2.24, 2.45) is 4.99 Å². The van der Waals surface area contributed by atoms with Crippen LogP contribution in [0.15, 0.2) is 58.8 Å². The number of methoxy groups -OCH3 is 1. The molecule has 0 aliphatic rings. The zero-order valence-electron chi connectivity index (χ0n) is 15.3. The quantitative estimate of drug-likeness (QED) is 0.500. The van der Waals surface area contributed by atoms with Crippen molar-refractivity contribution in [1.82, 2.24) is 9.55 Å². The number of rotatable bonds is 4. The molecule has 28 heavy (non-hydrogen) atoms. The lowest BCUT2D eigenvalue weighted by molar-refractivity contribution is 0.0602. The van der Waals surface area contributed by atoms with Crippen LogP contribution in [0.4, 0.5) is 0 Å². The Hall–Kier alpha value is -3.39. The average molecular weight is 395 g/mol. The largest absolute Gasteiger partial charge is 0.465 e. The maximum absolute atomic E-state index is 13.3. The van der Waals surface area contributed by atoms with E-state index in [9.17, 15) is 14.4 Å². The summed E-state index contributed by atoms with van der Waals surface area (Å²) in [6.45, 7) is 5.55. The van der Waals surface area contributed by atoms with Crippen LogP contribution in [0.3, 0.4) is 0 Å². The second-order valence-electron chi connectivity index (χ2n) is 5.81. The third-order valence-corrected chi connectivity index (χ3v) is 4.88. The van der Waals surface area contributed by atoms with E-state index in [1.54, 1.807) is 43.3 Å². The molecule has 3 aromatic rings. The van der Waals surface area contributed by atoms with Gasteiger partial charge in [-0.3, -0.25) is 14.6 Å². The highest BCUT2D eigenvalue weighted by molar-refractivity contribution is 7.15. The number of esters is 1. The number of aromatic nitrogens is 2. The molecule has 0 radical (unpaired) electrons. The van der Waals surface area contributed by atoms with Crippen LogP contribution in [-0.2, 0) is 4.74 Å². The number of ether oxygens (including phenoxy) is 1. The minimum absolute atomic E-state index is 0.0317. The van der Waals surface area contributed by atoms with Gasteiger partial charge in [0, 0.05) is 11.3 Å². The Kier molecular flexibility index (Phi) is 5.60. The Morgan fingerprint density at radius 3 is 2.68 bits per heavy atom. The van der Waals surface area contributed by atoms with E-state index >= 15 is 0 Å². The van der Waals surface area contributed by atoms with Crippen LogP contribution in [0.1, 0.15) is 26.4 Å². The third-order valence-electron chi connectivity index (χ3n) is 3.90. The fraction of sp³-hybridized carbons (Fsp3) is 0.150. The summed E-state index contributed by atoms with van der Waals surface area (Å²) in [6, 6.07) is 9.86. The van der Waals surface area contributed by atoms with Gasteiger partial charge in [-0.2, -0.15) is 0 Å². The fourth-order valence-electron chi connectivity index (χ4n) is 2.66. The predicted octanol–water partition coefficient (Wildman–Crippen LogP) is 2.33. The lowest BCUT2D eigenvalue weighted by atomic mass is 10.1. The molecule has 0 saturated carbocycles. The summed E-state index contributed by atoms with van der Waals surface area (Å²) in [5.74, 6) is -1.21. The van der Waals surface area contributed by atoms with Gasteiger partial charge in [-0.15, -0.1) is 6.58 Å². The van der Waals surface area contributed by atoms with E-state index < -0.39 is 17.4 Å². The van der Waals surface area contributed by atoms with Gasteiger partial charge in [-0.25, -0.2) is 14.3 Å². The van der Waals surface area contributed by atoms with Gasteiger partial charge in [0.15, 0.2) is 4.80 Å². The second-order valence-corrected chi connectivity index (χ2v) is 6.76. The predicted molar refractivity (Wildman–Crippen MR) is 107 cm³/mol. The first-order valence-corrected chi connectivity index (χ1v) is 9.16. The van der Waals surface area contributed by atoms with Gasteiger partial charge < -0.3 is 4.74 Å². The van der Waals surface area contributed by atoms with Crippen molar-refractivity contribution in [3.8, 4) is 0 Å². The minimum Gasteiger partial charge on any atom is -0.465 e. The van der Waals surface area contributed by atoms with Crippen LogP contribution >= 0.6 is 11.3 Å². The number of hydrogen-bond acceptors (Lipinski definition) is 7. The zero-order valence-corrected chi connectivity index (χ0v) is 16.2. The van der Waals surface area contributed by atoms with Gasteiger partial charge in [0.25, 0.3) is 11.5 Å². The molecule has 8 heteroatoms. The van der Waals surface area contributed by atoms with Crippen molar-refractivity contribution >= 4 is 33.4 Å². The van der Waals surface area contributed by atoms with E-state index in [1.807, 2.05) is 0 Å². The van der Waals surface area contributed by atoms with Gasteiger partial charge in [0.2, 0.25) is 0 Å². The van der Waals surface area contributed by atoms with Crippen molar-refractivity contribution in [3.63, 3.8) is 0 Å². The Morgan fingerprint density at radius 2 is 2.04 bits per heavy atom. The smallest absolute Gasteiger partial charge is 0.338 e. The summed E-state index contributed by atoms with van der Waals surface area (Å²) in [5, 5.41) is 0.0317. The first-order valence-electron chi connectivity index (χ1n) is 8.35. The summed E-state index contributed by atoms with van der Waals surface area (Å²) in [7, 11) is 1.23. The highest BCUT2D eigenvalue weighted by atomic mass is 32.1. The summed E-state index contributed by atoms with van der Waals surface area (Å²) < 4.78 is 5.77. The van der Waals surface area contributed by atoms with E-state index in [2.05, 4.69) is 16.6 Å². The molecule has 0 aliphatic heterocycles. The molecule has 142 valence electrons. The standard InChI is InChI=1S/C20H17N3O4S/c1-4-10-21-20-23(17(24)13-8-6-5-7-9-13)18(25)15-14(19(26)27-3)11-12(2)22-16(15)28-20/h4-9,11H,1,10H2,2-3H3. The topological polar surface area (TPSA) is 90.6 Å². The van der Waals surface area contributed by atoms with Crippen molar-refractivity contribution in [2.45, 2.75) is 6.92 Å². The maximum Gasteiger partial charge on any atom is 0.338 e. The highest BCUT2D eigenvalue weighted by Crippen LogP contribution is 2.18. The molecule has 3 rings (SSSR count). The molecule has 0 N–H and O–H groups in total. The molecular formula is C20H17N3O4S. The van der Waals surface area contributed by atoms with Crippen LogP contribution in [0.5, 0.6) is 0 Å². The number of carbonyl (C=O) groups excluding carboxylic acids is 2. The molecule has 7 nitrogen and oxygen atoms in total. The number of fused-ring (bicyclic) bond motifs is 1. The first-order chi connectivity index (χ1) is 13.5. The average Bonchev–Trinajstić information content (AvgIpc) is 2.71. The van der Waals surface area contributed by atoms with E-state index in [0.29, 0.717) is 16.1 Å². The molecule has 0 spiro atoms. The monoisotopic (exact) mass is 395 g/mol. The number of hydrogen-bond donors (Lipinski definition) is 0. The van der Waals surface area contributed by atoms with Gasteiger partial charge >= 0.3 is 5.97 Å². The van der Waals surface area contributed by atoms with E-state index in [1.165, 1.54) is 13.2 Å². The van der Waals surface area contributed by atoms with Crippen LogP contribution in [-0.4, -0.2) is 35.1 Å². The van der Waals surface area contributed by atoms with E-state index in [4.69, 9.17) is 4.74 Å². The van der Waals surface area contributed by atoms with Crippen LogP contribution in [0.2, 0.25) is 0 Å². The molecule has 0 bridgehead atoms. The molecule has 1 aromatic carbocycles. The lowest BCUT2D eigenvalue weighted by Crippen LogP contribution is -2.38. The minimum atomic E-state index is -0.672. The number of aryl methyl sites for hydroxylation is 1. The molecule has 0 aliphatic carbocycles. The molecule has 0 amide bonds. The second kappa shape index (κ2) is 8.10. The van der Waals surface area contributed by atoms with Crippen molar-refractivity contribution in [2.75, 3.05) is 13.7 Å². The molecule has 2 aromatic heterocycles. The van der Waals surface area contributed by atoms with Crippen LogP contribution in [0.25, 0.3) is 10.2 Å². The summed E-state index contributed by atoms with van der Waals surface area (Å²) in [4.78, 5) is 47.7. The highest BCUT2D eigenvalue weighted by Gasteiger charge is 2.21. The molecular weight excluding hydrogens is 378 g/mol. The molecule has 0 saturated heterocycles. The normalized spacial score (nSPS) is 11.4. The number of benzene rings is 1.